The van der Waals surface area contributed by atoms with Gasteiger partial charge in [0.1, 0.15) is 5.82 Å². The zero-order valence-electron chi connectivity index (χ0n) is 16.8. The summed E-state index contributed by atoms with van der Waals surface area (Å²) in [6.07, 6.45) is 0.980. The smallest absolute Gasteiger partial charge is 0.247 e. The zero-order valence-corrected chi connectivity index (χ0v) is 16.8. The second-order valence-electron chi connectivity index (χ2n) is 8.17. The Morgan fingerprint density at radius 1 is 1.24 bits per heavy atom. The van der Waals surface area contributed by atoms with Gasteiger partial charge in [-0.2, -0.15) is 9.50 Å². The second kappa shape index (κ2) is 6.45. The monoisotopic (exact) mass is 392 g/mol. The van der Waals surface area contributed by atoms with E-state index in [-0.39, 0.29) is 11.9 Å². The van der Waals surface area contributed by atoms with Gasteiger partial charge in [0.15, 0.2) is 5.65 Å². The quantitative estimate of drug-likeness (QED) is 0.710. The van der Waals surface area contributed by atoms with Crippen LogP contribution in [-0.4, -0.2) is 46.8 Å². The van der Waals surface area contributed by atoms with Crippen molar-refractivity contribution in [3.8, 4) is 0 Å². The largest absolute Gasteiger partial charge is 0.379 e. The number of amides is 1. The minimum Gasteiger partial charge on any atom is -0.379 e. The van der Waals surface area contributed by atoms with Gasteiger partial charge in [-0.3, -0.25) is 4.79 Å². The average molecular weight is 392 g/mol. The number of nitrogens with zero attached hydrogens (tertiary/aromatic N) is 4. The molecule has 2 aliphatic heterocycles. The van der Waals surface area contributed by atoms with Crippen molar-refractivity contribution in [1.82, 2.24) is 14.6 Å². The molecule has 8 nitrogen and oxygen atoms in total. The van der Waals surface area contributed by atoms with Gasteiger partial charge in [-0.05, 0) is 50.1 Å². The third-order valence-electron chi connectivity index (χ3n) is 5.77. The van der Waals surface area contributed by atoms with Crippen molar-refractivity contribution in [2.45, 2.75) is 31.7 Å². The Kier molecular flexibility index (Phi) is 3.99. The van der Waals surface area contributed by atoms with Crippen LogP contribution in [0.3, 0.4) is 0 Å². The first kappa shape index (κ1) is 17.9. The van der Waals surface area contributed by atoms with Crippen LogP contribution in [0.4, 0.5) is 23.1 Å². The summed E-state index contributed by atoms with van der Waals surface area (Å²) in [5.74, 6) is 1.50. The third-order valence-corrected chi connectivity index (χ3v) is 5.77. The van der Waals surface area contributed by atoms with Crippen molar-refractivity contribution in [2.75, 3.05) is 35.8 Å². The summed E-state index contributed by atoms with van der Waals surface area (Å²) in [6.45, 7) is 5.40. The van der Waals surface area contributed by atoms with E-state index in [4.69, 9.17) is 4.74 Å². The summed E-state index contributed by atoms with van der Waals surface area (Å²) in [6, 6.07) is 12.1. The van der Waals surface area contributed by atoms with Crippen LogP contribution in [-0.2, 0) is 14.9 Å². The standard InChI is InChI=1S/C21H24N6O2/c1-21(2)15-8-7-13(11-16(15)26(3)19(21)28)23-20-24-18-6-4-5-17(27(18)25-20)22-14-9-10-29-12-14/h4-8,11,14,22H,9-10,12H2,1-3H3,(H,23,25). The SMILES string of the molecule is CN1C(=O)C(C)(C)c2ccc(Nc3nc4cccc(NC5CCOC5)n4n3)cc21. The lowest BCUT2D eigenvalue weighted by molar-refractivity contribution is -0.121. The molecule has 4 heterocycles. The molecule has 150 valence electrons. The summed E-state index contributed by atoms with van der Waals surface area (Å²) < 4.78 is 7.24. The van der Waals surface area contributed by atoms with Gasteiger partial charge in [0, 0.05) is 25.0 Å². The van der Waals surface area contributed by atoms with Gasteiger partial charge in [0.05, 0.1) is 18.1 Å². The number of aromatic nitrogens is 3. The first-order valence-corrected chi connectivity index (χ1v) is 9.83. The number of anilines is 4. The van der Waals surface area contributed by atoms with E-state index in [1.54, 1.807) is 9.42 Å². The van der Waals surface area contributed by atoms with Crippen LogP contribution in [0.25, 0.3) is 5.65 Å². The van der Waals surface area contributed by atoms with Crippen LogP contribution in [0.5, 0.6) is 0 Å². The number of nitrogens with one attached hydrogen (secondary N) is 2. The van der Waals surface area contributed by atoms with E-state index in [9.17, 15) is 4.79 Å². The van der Waals surface area contributed by atoms with Crippen LogP contribution in [0.2, 0.25) is 0 Å². The highest BCUT2D eigenvalue weighted by Crippen LogP contribution is 2.42. The number of pyridine rings is 1. The number of ether oxygens (including phenoxy) is 1. The molecule has 0 saturated carbocycles. The molecule has 0 bridgehead atoms. The highest BCUT2D eigenvalue weighted by atomic mass is 16.5. The molecule has 0 aliphatic carbocycles. The predicted molar refractivity (Wildman–Crippen MR) is 112 cm³/mol. The minimum atomic E-state index is -0.505. The van der Waals surface area contributed by atoms with E-state index in [1.807, 2.05) is 57.3 Å². The number of hydrogen-bond donors (Lipinski definition) is 2. The summed E-state index contributed by atoms with van der Waals surface area (Å²) in [4.78, 5) is 18.8. The summed E-state index contributed by atoms with van der Waals surface area (Å²) in [5, 5.41) is 11.4. The maximum atomic E-state index is 12.5. The molecule has 1 aromatic carbocycles. The topological polar surface area (TPSA) is 83.8 Å². The molecule has 8 heteroatoms. The molecule has 5 rings (SSSR count). The first-order valence-electron chi connectivity index (χ1n) is 9.83. The van der Waals surface area contributed by atoms with Crippen molar-refractivity contribution in [3.63, 3.8) is 0 Å². The molecule has 2 aromatic heterocycles. The number of fused-ring (bicyclic) bond motifs is 2. The minimum absolute atomic E-state index is 0.0992. The molecule has 1 unspecified atom stereocenters. The second-order valence-corrected chi connectivity index (χ2v) is 8.17. The molecule has 1 fully saturated rings. The van der Waals surface area contributed by atoms with Crippen LogP contribution in [0.15, 0.2) is 36.4 Å². The van der Waals surface area contributed by atoms with Gasteiger partial charge in [-0.1, -0.05) is 12.1 Å². The fourth-order valence-corrected chi connectivity index (χ4v) is 4.11. The lowest BCUT2D eigenvalue weighted by Gasteiger charge is -2.16. The molecular weight excluding hydrogens is 368 g/mol. The lowest BCUT2D eigenvalue weighted by atomic mass is 9.86. The molecule has 1 saturated heterocycles. The molecule has 2 aliphatic rings. The fourth-order valence-electron chi connectivity index (χ4n) is 4.11. The summed E-state index contributed by atoms with van der Waals surface area (Å²) >= 11 is 0. The molecular formula is C21H24N6O2. The lowest BCUT2D eigenvalue weighted by Crippen LogP contribution is -2.33. The predicted octanol–water partition coefficient (Wildman–Crippen LogP) is 2.93. The number of carbonyl (C=O) groups excluding carboxylic acids is 1. The van der Waals surface area contributed by atoms with Crippen molar-refractivity contribution in [2.24, 2.45) is 0 Å². The van der Waals surface area contributed by atoms with Crippen LogP contribution < -0.4 is 15.5 Å². The van der Waals surface area contributed by atoms with E-state index < -0.39 is 5.41 Å². The van der Waals surface area contributed by atoms with E-state index in [0.717, 1.165) is 41.4 Å². The van der Waals surface area contributed by atoms with Gasteiger partial charge in [-0.25, -0.2) is 0 Å². The van der Waals surface area contributed by atoms with E-state index in [1.165, 1.54) is 0 Å². The van der Waals surface area contributed by atoms with Crippen molar-refractivity contribution >= 4 is 34.7 Å². The maximum Gasteiger partial charge on any atom is 0.247 e. The molecule has 2 N–H and O–H groups in total. The number of rotatable bonds is 4. The van der Waals surface area contributed by atoms with Crippen molar-refractivity contribution in [1.29, 1.82) is 0 Å². The van der Waals surface area contributed by atoms with E-state index in [2.05, 4.69) is 20.7 Å². The van der Waals surface area contributed by atoms with Crippen molar-refractivity contribution in [3.05, 3.63) is 42.0 Å². The number of hydrogen-bond acceptors (Lipinski definition) is 6. The first-order chi connectivity index (χ1) is 13.9. The molecule has 0 spiro atoms. The highest BCUT2D eigenvalue weighted by Gasteiger charge is 2.42. The molecule has 1 atom stereocenters. The molecule has 0 radical (unpaired) electrons. The average Bonchev–Trinajstić information content (AvgIpc) is 3.39. The third kappa shape index (κ3) is 2.91. The summed E-state index contributed by atoms with van der Waals surface area (Å²) in [7, 11) is 1.81. The number of carbonyl (C=O) groups is 1. The Balaban J connectivity index is 1.43. The van der Waals surface area contributed by atoms with E-state index >= 15 is 0 Å². The van der Waals surface area contributed by atoms with Crippen LogP contribution in [0.1, 0.15) is 25.8 Å². The van der Waals surface area contributed by atoms with E-state index in [0.29, 0.717) is 12.6 Å². The fraction of sp³-hybridized carbons (Fsp3) is 0.381. The van der Waals surface area contributed by atoms with Gasteiger partial charge in [0.2, 0.25) is 11.9 Å². The number of likely N-dealkylation sites (N-methyl/N-ethyl adjacent to an activating group) is 1. The van der Waals surface area contributed by atoms with Gasteiger partial charge >= 0.3 is 0 Å². The Labute approximate surface area is 168 Å². The Morgan fingerprint density at radius 2 is 2.10 bits per heavy atom. The Hall–Kier alpha value is -3.13. The summed E-state index contributed by atoms with van der Waals surface area (Å²) in [5.41, 5.74) is 3.04. The highest BCUT2D eigenvalue weighted by molar-refractivity contribution is 6.07. The molecule has 29 heavy (non-hydrogen) atoms. The van der Waals surface area contributed by atoms with Gasteiger partial charge in [0.25, 0.3) is 0 Å². The zero-order chi connectivity index (χ0) is 20.2. The van der Waals surface area contributed by atoms with Gasteiger partial charge < -0.3 is 20.3 Å². The number of benzene rings is 1. The molecule has 1 amide bonds. The van der Waals surface area contributed by atoms with Gasteiger partial charge in [-0.15, -0.1) is 5.10 Å². The Bertz CT molecular complexity index is 1100. The normalized spacial score (nSPS) is 20.3. The van der Waals surface area contributed by atoms with Crippen LogP contribution in [0, 0.1) is 0 Å². The maximum absolute atomic E-state index is 12.5. The Morgan fingerprint density at radius 3 is 2.90 bits per heavy atom. The molecule has 3 aromatic rings. The van der Waals surface area contributed by atoms with Crippen molar-refractivity contribution < 1.29 is 9.53 Å². The van der Waals surface area contributed by atoms with Crippen LogP contribution >= 0.6 is 0 Å².